The van der Waals surface area contributed by atoms with Gasteiger partial charge in [-0.1, -0.05) is 76.9 Å². The van der Waals surface area contributed by atoms with Crippen LogP contribution in [0.15, 0.2) is 35.9 Å². The summed E-state index contributed by atoms with van der Waals surface area (Å²) in [5.74, 6) is -1.75. The number of fused-ring (bicyclic) bond motifs is 5. The van der Waals surface area contributed by atoms with Gasteiger partial charge in [-0.3, -0.25) is 19.7 Å². The lowest BCUT2D eigenvalue weighted by Gasteiger charge is -2.41. The predicted octanol–water partition coefficient (Wildman–Crippen LogP) is 6.15. The Kier molecular flexibility index (Phi) is 18.9. The third-order valence-corrected chi connectivity index (χ3v) is 16.2. The number of halogens is 1. The number of hydrogen-bond donors (Lipinski definition) is 3. The first-order chi connectivity index (χ1) is 29.6. The van der Waals surface area contributed by atoms with Crippen LogP contribution < -0.4 is 15.5 Å². The van der Waals surface area contributed by atoms with Crippen LogP contribution in [-0.4, -0.2) is 135 Å². The number of methoxy groups -OCH3 is 2. The minimum absolute atomic E-state index is 0.0263. The summed E-state index contributed by atoms with van der Waals surface area (Å²) in [5.41, 5.74) is 0.369. The van der Waals surface area contributed by atoms with Crippen molar-refractivity contribution in [1.82, 2.24) is 15.5 Å². The van der Waals surface area contributed by atoms with Gasteiger partial charge in [-0.05, 0) is 64.2 Å². The standard InChI is InChI=1S/C45H67ClN4O11S2/c1-27-14-12-15-29(3)45(56)24-34(59-42(55)48-45)30(4)40-43(6,61-40)35(23-38(53)50(9)33-22-32(20-27)21-28(2)39(33)46)60-41(54)31(5)49(8)37(52)17-18-44(25-57-10,26-58-11)63-62-19-13-16-36(51)47-7/h12,14-15,21-22,29-31,34-35,40,56H,13,16-20,23-26H2,1-11H3,(H,47,51)(H,48,55)/b15-12+,27-14+/t29-,30-,31+,34+,35?,40+,43+,45+/m1/s1. The van der Waals surface area contributed by atoms with Crippen LogP contribution in [0.3, 0.4) is 0 Å². The molecule has 0 radical (unpaired) electrons. The first kappa shape index (κ1) is 52.3. The van der Waals surface area contributed by atoms with Crippen molar-refractivity contribution in [2.24, 2.45) is 11.8 Å². The Hall–Kier alpha value is -3.32. The van der Waals surface area contributed by atoms with Crippen molar-refractivity contribution >= 4 is 68.7 Å². The summed E-state index contributed by atoms with van der Waals surface area (Å²) in [6.07, 6.45) is 4.14. The molecule has 4 rings (SSSR count). The van der Waals surface area contributed by atoms with E-state index in [1.165, 1.54) is 16.8 Å². The number of aliphatic hydroxyl groups is 1. The second-order valence-corrected chi connectivity index (χ2v) is 20.6. The Morgan fingerprint density at radius 1 is 1.16 bits per heavy atom. The predicted molar refractivity (Wildman–Crippen MR) is 247 cm³/mol. The van der Waals surface area contributed by atoms with Gasteiger partial charge in [0.15, 0.2) is 0 Å². The SMILES string of the molecule is CNC(=O)CCCSSC(CCC(=O)N(C)[C@@H](C)C(=O)OC1CC(=O)N(C)c2cc(cc(C)c2Cl)C/C(C)=C/C=C/[C@@H](C)[C@@]2(O)C[C@H](OC(=O)N2)[C@@H](C)[C@@H]2O[C@@]12C)(COC)COC. The van der Waals surface area contributed by atoms with Gasteiger partial charge in [-0.25, -0.2) is 9.59 Å². The molecule has 63 heavy (non-hydrogen) atoms. The molecule has 3 aliphatic heterocycles. The largest absolute Gasteiger partial charge is 0.457 e. The van der Waals surface area contributed by atoms with E-state index in [9.17, 15) is 29.1 Å². The first-order valence-electron chi connectivity index (χ1n) is 21.4. The molecule has 0 aliphatic carbocycles. The maximum atomic E-state index is 14.3. The fourth-order valence-electron chi connectivity index (χ4n) is 8.06. The highest BCUT2D eigenvalue weighted by molar-refractivity contribution is 8.77. The van der Waals surface area contributed by atoms with Gasteiger partial charge in [-0.15, -0.1) is 0 Å². The lowest BCUT2D eigenvalue weighted by Crippen LogP contribution is -2.60. The number of rotatable bonds is 16. The number of alkyl carbamates (subject to hydrolysis) is 1. The maximum Gasteiger partial charge on any atom is 0.409 e. The molecule has 1 aromatic carbocycles. The second-order valence-electron chi connectivity index (χ2n) is 17.4. The summed E-state index contributed by atoms with van der Waals surface area (Å²) in [4.78, 5) is 69.6. The average Bonchev–Trinajstić information content (AvgIpc) is 3.93. The zero-order valence-corrected chi connectivity index (χ0v) is 40.9. The Bertz CT molecular complexity index is 1880. The Labute approximate surface area is 385 Å². The van der Waals surface area contributed by atoms with Gasteiger partial charge in [0, 0.05) is 72.2 Å². The van der Waals surface area contributed by atoms with Crippen LogP contribution in [0.2, 0.25) is 5.02 Å². The fraction of sp³-hybridized carbons (Fsp3) is 0.667. The number of benzene rings is 1. The summed E-state index contributed by atoms with van der Waals surface area (Å²) in [6.45, 7) is 11.4. The molecular weight excluding hydrogens is 872 g/mol. The van der Waals surface area contributed by atoms with Crippen LogP contribution in [-0.2, 0) is 49.3 Å². The molecule has 352 valence electrons. The van der Waals surface area contributed by atoms with Gasteiger partial charge in [0.05, 0.1) is 41.2 Å². The van der Waals surface area contributed by atoms with Gasteiger partial charge >= 0.3 is 12.1 Å². The summed E-state index contributed by atoms with van der Waals surface area (Å²) >= 11 is 6.83. The monoisotopic (exact) mass is 938 g/mol. The number of aryl methyl sites for hydroxylation is 1. The summed E-state index contributed by atoms with van der Waals surface area (Å²) < 4.78 is 28.8. The number of nitrogens with zero attached hydrogens (tertiary/aromatic N) is 2. The molecule has 15 nitrogen and oxygen atoms in total. The number of ether oxygens (including phenoxy) is 5. The molecule has 2 fully saturated rings. The number of epoxide rings is 1. The van der Waals surface area contributed by atoms with Gasteiger partial charge in [-0.2, -0.15) is 0 Å². The number of carbonyl (C=O) groups is 5. The van der Waals surface area contributed by atoms with Crippen molar-refractivity contribution in [3.05, 3.63) is 52.1 Å². The van der Waals surface area contributed by atoms with Crippen molar-refractivity contribution in [1.29, 1.82) is 0 Å². The molecule has 3 aliphatic rings. The molecule has 0 saturated carbocycles. The Balaban J connectivity index is 1.59. The minimum Gasteiger partial charge on any atom is -0.457 e. The van der Waals surface area contributed by atoms with Crippen molar-refractivity contribution in [3.8, 4) is 0 Å². The molecule has 3 heterocycles. The number of likely N-dealkylation sites (N-methyl/N-ethyl adjacent to an activating group) is 1. The third kappa shape index (κ3) is 13.4. The van der Waals surface area contributed by atoms with E-state index in [4.69, 9.17) is 35.3 Å². The van der Waals surface area contributed by atoms with E-state index in [0.29, 0.717) is 55.4 Å². The number of hydrogen-bond acceptors (Lipinski definition) is 13. The normalized spacial score (nSPS) is 28.4. The van der Waals surface area contributed by atoms with Gasteiger partial charge in [0.2, 0.25) is 17.7 Å². The highest BCUT2D eigenvalue weighted by Crippen LogP contribution is 2.49. The molecule has 1 unspecified atom stereocenters. The molecule has 1 aromatic rings. The summed E-state index contributed by atoms with van der Waals surface area (Å²) in [6, 6.07) is 2.79. The lowest BCUT2D eigenvalue weighted by molar-refractivity contribution is -0.162. The van der Waals surface area contributed by atoms with Crippen LogP contribution in [0.5, 0.6) is 0 Å². The van der Waals surface area contributed by atoms with Gasteiger partial charge in [0.25, 0.3) is 0 Å². The Morgan fingerprint density at radius 3 is 2.49 bits per heavy atom. The van der Waals surface area contributed by atoms with E-state index in [1.54, 1.807) is 63.8 Å². The molecule has 4 bridgehead atoms. The van der Waals surface area contributed by atoms with Crippen molar-refractivity contribution < 1.29 is 52.8 Å². The van der Waals surface area contributed by atoms with E-state index in [2.05, 4.69) is 10.6 Å². The zero-order chi connectivity index (χ0) is 46.9. The molecular formula is C45H67ClN4O11S2. The van der Waals surface area contributed by atoms with E-state index >= 15 is 0 Å². The average molecular weight is 940 g/mol. The molecule has 0 aromatic heterocycles. The van der Waals surface area contributed by atoms with E-state index in [-0.39, 0.29) is 31.1 Å². The molecule has 3 N–H and O–H groups in total. The van der Waals surface area contributed by atoms with E-state index < -0.39 is 70.2 Å². The number of amides is 4. The van der Waals surface area contributed by atoms with Gasteiger partial charge in [0.1, 0.15) is 29.6 Å². The zero-order valence-electron chi connectivity index (χ0n) is 38.5. The van der Waals surface area contributed by atoms with Crippen molar-refractivity contribution in [2.45, 2.75) is 127 Å². The highest BCUT2D eigenvalue weighted by atomic mass is 35.5. The van der Waals surface area contributed by atoms with Crippen molar-refractivity contribution in [2.75, 3.05) is 59.2 Å². The fourth-order valence-corrected chi connectivity index (χ4v) is 11.3. The van der Waals surface area contributed by atoms with E-state index in [0.717, 1.165) is 16.7 Å². The van der Waals surface area contributed by atoms with Crippen LogP contribution in [0.1, 0.15) is 84.3 Å². The first-order valence-corrected chi connectivity index (χ1v) is 24.1. The minimum atomic E-state index is -1.63. The van der Waals surface area contributed by atoms with Crippen molar-refractivity contribution in [3.63, 3.8) is 0 Å². The van der Waals surface area contributed by atoms with E-state index in [1.807, 2.05) is 58.1 Å². The number of nitrogens with one attached hydrogen (secondary N) is 2. The van der Waals surface area contributed by atoms with Crippen LogP contribution >= 0.6 is 33.2 Å². The number of carbonyl (C=O) groups excluding carboxylic acids is 5. The highest BCUT2D eigenvalue weighted by Gasteiger charge is 2.64. The lowest BCUT2D eigenvalue weighted by atomic mass is 9.82. The van der Waals surface area contributed by atoms with Gasteiger partial charge < -0.3 is 43.9 Å². The second kappa shape index (κ2) is 22.7. The van der Waals surface area contributed by atoms with Crippen LogP contribution in [0, 0.1) is 18.8 Å². The van der Waals surface area contributed by atoms with Crippen LogP contribution in [0.4, 0.5) is 10.5 Å². The number of allylic oxidation sites excluding steroid dienone is 3. The molecule has 18 heteroatoms. The number of esters is 1. The summed E-state index contributed by atoms with van der Waals surface area (Å²) in [5, 5.41) is 17.4. The smallest absolute Gasteiger partial charge is 0.409 e. The van der Waals surface area contributed by atoms with Crippen LogP contribution in [0.25, 0.3) is 0 Å². The number of anilines is 1. The Morgan fingerprint density at radius 2 is 1.84 bits per heavy atom. The molecule has 8 atom stereocenters. The topological polar surface area (TPSA) is 186 Å². The molecule has 4 amide bonds. The summed E-state index contributed by atoms with van der Waals surface area (Å²) in [7, 11) is 11.1. The quantitative estimate of drug-likeness (QED) is 0.0743. The molecule has 2 saturated heterocycles. The maximum absolute atomic E-state index is 14.3. The third-order valence-electron chi connectivity index (χ3n) is 12.4. The molecule has 0 spiro atoms.